The van der Waals surface area contributed by atoms with Crippen LogP contribution in [0.1, 0.15) is 36.7 Å². The largest absolute Gasteiger partial charge is 0.480 e. The zero-order chi connectivity index (χ0) is 18.3. The standard InChI is InChI=1S/C15H20F3N3O3/c1-9-11(10(2)21(19-9)8-15(16,17)18)7-12(22)20-6-4-5-14(20,3)13(23)24/h4-8H2,1-3H3,(H,23,24). The van der Waals surface area contributed by atoms with Gasteiger partial charge in [-0.2, -0.15) is 18.3 Å². The van der Waals surface area contributed by atoms with Crippen molar-refractivity contribution in [3.05, 3.63) is 17.0 Å². The average Bonchev–Trinajstić information content (AvgIpc) is 2.94. The Morgan fingerprint density at radius 2 is 1.96 bits per heavy atom. The van der Waals surface area contributed by atoms with E-state index in [4.69, 9.17) is 0 Å². The van der Waals surface area contributed by atoms with Gasteiger partial charge in [-0.15, -0.1) is 0 Å². The molecular weight excluding hydrogens is 327 g/mol. The highest BCUT2D eigenvalue weighted by Crippen LogP contribution is 2.30. The van der Waals surface area contributed by atoms with Crippen molar-refractivity contribution in [1.29, 1.82) is 0 Å². The molecule has 1 aromatic rings. The highest BCUT2D eigenvalue weighted by Gasteiger charge is 2.45. The number of carbonyl (C=O) groups is 2. The second-order valence-electron chi connectivity index (χ2n) is 6.33. The van der Waals surface area contributed by atoms with E-state index in [9.17, 15) is 27.9 Å². The predicted octanol–water partition coefficient (Wildman–Crippen LogP) is 2.07. The number of aryl methyl sites for hydroxylation is 1. The van der Waals surface area contributed by atoms with Gasteiger partial charge in [-0.25, -0.2) is 4.79 Å². The third kappa shape index (κ3) is 3.39. The van der Waals surface area contributed by atoms with E-state index in [2.05, 4.69) is 5.10 Å². The summed E-state index contributed by atoms with van der Waals surface area (Å²) in [6, 6.07) is 0. The summed E-state index contributed by atoms with van der Waals surface area (Å²) in [6.07, 6.45) is -3.61. The van der Waals surface area contributed by atoms with Gasteiger partial charge in [0.2, 0.25) is 5.91 Å². The maximum Gasteiger partial charge on any atom is 0.408 e. The van der Waals surface area contributed by atoms with Crippen LogP contribution in [0.15, 0.2) is 0 Å². The minimum absolute atomic E-state index is 0.154. The summed E-state index contributed by atoms with van der Waals surface area (Å²) in [5, 5.41) is 13.2. The van der Waals surface area contributed by atoms with Gasteiger partial charge in [0.15, 0.2) is 0 Å². The van der Waals surface area contributed by atoms with Crippen LogP contribution in [0, 0.1) is 13.8 Å². The van der Waals surface area contributed by atoms with Crippen LogP contribution in [-0.2, 0) is 22.6 Å². The summed E-state index contributed by atoms with van der Waals surface area (Å²) in [6.45, 7) is 3.63. The Hall–Kier alpha value is -2.06. The molecule has 0 aromatic carbocycles. The van der Waals surface area contributed by atoms with E-state index >= 15 is 0 Å². The maximum absolute atomic E-state index is 12.6. The molecule has 1 unspecified atom stereocenters. The number of carbonyl (C=O) groups excluding carboxylic acids is 1. The second kappa shape index (κ2) is 6.10. The third-order valence-corrected chi connectivity index (χ3v) is 4.59. The number of nitrogens with zero attached hydrogens (tertiary/aromatic N) is 3. The smallest absolute Gasteiger partial charge is 0.408 e. The molecule has 1 N–H and O–H groups in total. The van der Waals surface area contributed by atoms with Crippen LogP contribution in [-0.4, -0.2) is 49.9 Å². The van der Waals surface area contributed by atoms with E-state index in [1.54, 1.807) is 6.92 Å². The fourth-order valence-electron chi connectivity index (χ4n) is 3.15. The number of aromatic nitrogens is 2. The topological polar surface area (TPSA) is 75.4 Å². The van der Waals surface area contributed by atoms with Crippen LogP contribution >= 0.6 is 0 Å². The van der Waals surface area contributed by atoms with Gasteiger partial charge in [-0.05, 0) is 33.6 Å². The van der Waals surface area contributed by atoms with Crippen molar-refractivity contribution < 1.29 is 27.9 Å². The van der Waals surface area contributed by atoms with E-state index in [-0.39, 0.29) is 12.1 Å². The molecule has 1 aliphatic heterocycles. The number of likely N-dealkylation sites (tertiary alicyclic amines) is 1. The molecule has 0 bridgehead atoms. The molecule has 6 nitrogen and oxygen atoms in total. The molecule has 1 fully saturated rings. The van der Waals surface area contributed by atoms with Gasteiger partial charge in [0, 0.05) is 17.8 Å². The van der Waals surface area contributed by atoms with Crippen molar-refractivity contribution in [2.45, 2.75) is 58.3 Å². The highest BCUT2D eigenvalue weighted by atomic mass is 19.4. The molecule has 2 heterocycles. The van der Waals surface area contributed by atoms with Crippen LogP contribution < -0.4 is 0 Å². The lowest BCUT2D eigenvalue weighted by Gasteiger charge is -2.31. The van der Waals surface area contributed by atoms with Crippen molar-refractivity contribution in [2.24, 2.45) is 0 Å². The summed E-state index contributed by atoms with van der Waals surface area (Å²) >= 11 is 0. The Bertz CT molecular complexity index is 669. The quantitative estimate of drug-likeness (QED) is 0.905. The normalized spacial score (nSPS) is 21.3. The van der Waals surface area contributed by atoms with Crippen molar-refractivity contribution in [3.63, 3.8) is 0 Å². The van der Waals surface area contributed by atoms with E-state index in [1.807, 2.05) is 0 Å². The number of carboxylic acids is 1. The molecule has 1 aromatic heterocycles. The molecule has 0 aliphatic carbocycles. The summed E-state index contributed by atoms with van der Waals surface area (Å²) in [7, 11) is 0. The number of alkyl halides is 3. The number of rotatable bonds is 4. The minimum atomic E-state index is -4.40. The van der Waals surface area contributed by atoms with Crippen LogP contribution in [0.2, 0.25) is 0 Å². The van der Waals surface area contributed by atoms with Crippen molar-refractivity contribution in [2.75, 3.05) is 6.54 Å². The maximum atomic E-state index is 12.6. The monoisotopic (exact) mass is 347 g/mol. The van der Waals surface area contributed by atoms with Crippen molar-refractivity contribution in [1.82, 2.24) is 14.7 Å². The molecule has 0 radical (unpaired) electrons. The van der Waals surface area contributed by atoms with Gasteiger partial charge in [-0.1, -0.05) is 0 Å². The molecule has 134 valence electrons. The number of carboxylic acid groups (broad SMARTS) is 1. The van der Waals surface area contributed by atoms with Crippen LogP contribution in [0.5, 0.6) is 0 Å². The SMILES string of the molecule is Cc1nn(CC(F)(F)F)c(C)c1CC(=O)N1CCCC1(C)C(=O)O. The molecule has 1 aliphatic rings. The fourth-order valence-corrected chi connectivity index (χ4v) is 3.15. The number of aliphatic carboxylic acids is 1. The average molecular weight is 347 g/mol. The lowest BCUT2D eigenvalue weighted by Crippen LogP contribution is -2.51. The number of halogens is 3. The number of hydrogen-bond donors (Lipinski definition) is 1. The predicted molar refractivity (Wildman–Crippen MR) is 78.4 cm³/mol. The Morgan fingerprint density at radius 3 is 2.50 bits per heavy atom. The molecule has 0 spiro atoms. The van der Waals surface area contributed by atoms with Gasteiger partial charge in [0.25, 0.3) is 0 Å². The summed E-state index contributed by atoms with van der Waals surface area (Å²) in [5.41, 5.74) is -0.222. The number of hydrogen-bond acceptors (Lipinski definition) is 3. The molecule has 1 atom stereocenters. The molecule has 24 heavy (non-hydrogen) atoms. The summed E-state index contributed by atoms with van der Waals surface area (Å²) in [4.78, 5) is 25.3. The first kappa shape index (κ1) is 18.3. The Kier molecular flexibility index (Phi) is 4.65. The van der Waals surface area contributed by atoms with Gasteiger partial charge >= 0.3 is 12.1 Å². The first-order valence-corrected chi connectivity index (χ1v) is 7.59. The van der Waals surface area contributed by atoms with E-state index in [0.29, 0.717) is 30.6 Å². The van der Waals surface area contributed by atoms with E-state index in [0.717, 1.165) is 4.68 Å². The Labute approximate surface area is 137 Å². The lowest BCUT2D eigenvalue weighted by molar-refractivity contribution is -0.155. The van der Waals surface area contributed by atoms with Crippen LogP contribution in [0.3, 0.4) is 0 Å². The Balaban J connectivity index is 2.22. The lowest BCUT2D eigenvalue weighted by atomic mass is 9.98. The van der Waals surface area contributed by atoms with E-state index < -0.39 is 30.1 Å². The van der Waals surface area contributed by atoms with E-state index in [1.165, 1.54) is 18.7 Å². The fraction of sp³-hybridized carbons (Fsp3) is 0.667. The summed E-state index contributed by atoms with van der Waals surface area (Å²) in [5.74, 6) is -1.48. The van der Waals surface area contributed by atoms with Crippen molar-refractivity contribution >= 4 is 11.9 Å². The second-order valence-corrected chi connectivity index (χ2v) is 6.33. The number of amides is 1. The molecular formula is C15H20F3N3O3. The molecule has 2 rings (SSSR count). The zero-order valence-electron chi connectivity index (χ0n) is 13.8. The van der Waals surface area contributed by atoms with Gasteiger partial charge in [-0.3, -0.25) is 9.48 Å². The Morgan fingerprint density at radius 1 is 1.33 bits per heavy atom. The molecule has 0 saturated carbocycles. The molecule has 1 amide bonds. The van der Waals surface area contributed by atoms with Crippen LogP contribution in [0.4, 0.5) is 13.2 Å². The highest BCUT2D eigenvalue weighted by molar-refractivity contribution is 5.88. The first-order chi connectivity index (χ1) is 11.0. The first-order valence-electron chi connectivity index (χ1n) is 7.59. The molecule has 1 saturated heterocycles. The summed E-state index contributed by atoms with van der Waals surface area (Å²) < 4.78 is 38.5. The molecule has 9 heteroatoms. The van der Waals surface area contributed by atoms with Gasteiger partial charge < -0.3 is 10.0 Å². The minimum Gasteiger partial charge on any atom is -0.480 e. The van der Waals surface area contributed by atoms with Crippen LogP contribution in [0.25, 0.3) is 0 Å². The van der Waals surface area contributed by atoms with Gasteiger partial charge in [0.1, 0.15) is 12.1 Å². The third-order valence-electron chi connectivity index (χ3n) is 4.59. The zero-order valence-corrected chi connectivity index (χ0v) is 13.8. The van der Waals surface area contributed by atoms with Gasteiger partial charge in [0.05, 0.1) is 12.1 Å². The van der Waals surface area contributed by atoms with Crippen molar-refractivity contribution in [3.8, 4) is 0 Å².